The molecule has 0 bridgehead atoms. The van der Waals surface area contributed by atoms with Crippen molar-refractivity contribution < 1.29 is 14.6 Å². The number of aliphatic hydroxyl groups is 1. The maximum atomic E-state index is 12.5. The number of rotatable bonds is 5. The Morgan fingerprint density at radius 2 is 2.00 bits per heavy atom. The summed E-state index contributed by atoms with van der Waals surface area (Å²) < 4.78 is 5.73. The summed E-state index contributed by atoms with van der Waals surface area (Å²) in [4.78, 5) is 21.0. The molecule has 2 fully saturated rings. The van der Waals surface area contributed by atoms with Crippen LogP contribution in [-0.2, 0) is 16.0 Å². The third-order valence-corrected chi connectivity index (χ3v) is 5.09. The van der Waals surface area contributed by atoms with E-state index in [2.05, 4.69) is 23.7 Å². The predicted octanol–water partition coefficient (Wildman–Crippen LogP) is 0.943. The van der Waals surface area contributed by atoms with Crippen LogP contribution in [0.3, 0.4) is 0 Å². The Hall–Kier alpha value is -1.50. The van der Waals surface area contributed by atoms with Crippen LogP contribution in [0.25, 0.3) is 0 Å². The summed E-state index contributed by atoms with van der Waals surface area (Å²) in [5, 5.41) is 10.3. The van der Waals surface area contributed by atoms with Crippen LogP contribution in [0.5, 0.6) is 0 Å². The third-order valence-electron chi connectivity index (χ3n) is 5.09. The molecular formula is C19H29N3O3. The Morgan fingerprint density at radius 1 is 1.24 bits per heavy atom. The lowest BCUT2D eigenvalue weighted by molar-refractivity contribution is -0.131. The van der Waals surface area contributed by atoms with Gasteiger partial charge in [0.1, 0.15) is 0 Å². The Kier molecular flexibility index (Phi) is 6.04. The molecule has 0 aliphatic carbocycles. The molecule has 138 valence electrons. The molecule has 1 amide bonds. The van der Waals surface area contributed by atoms with Crippen LogP contribution in [0, 0.1) is 5.92 Å². The minimum Gasteiger partial charge on any atom is -0.391 e. The highest BCUT2D eigenvalue weighted by Crippen LogP contribution is 2.21. The summed E-state index contributed by atoms with van der Waals surface area (Å²) in [6.07, 6.45) is 2.95. The predicted molar refractivity (Wildman–Crippen MR) is 95.1 cm³/mol. The zero-order chi connectivity index (χ0) is 17.8. The zero-order valence-electron chi connectivity index (χ0n) is 15.2. The van der Waals surface area contributed by atoms with Crippen LogP contribution in [-0.4, -0.2) is 76.8 Å². The Morgan fingerprint density at radius 3 is 2.68 bits per heavy atom. The summed E-state index contributed by atoms with van der Waals surface area (Å²) in [5.41, 5.74) is 0.970. The number of aromatic nitrogens is 1. The van der Waals surface area contributed by atoms with Crippen LogP contribution in [0.2, 0.25) is 0 Å². The normalized spacial score (nSPS) is 30.6. The fourth-order valence-corrected chi connectivity index (χ4v) is 3.92. The van der Waals surface area contributed by atoms with Gasteiger partial charge in [0.05, 0.1) is 18.3 Å². The molecule has 25 heavy (non-hydrogen) atoms. The molecule has 3 rings (SSSR count). The standard InChI is InChI=1S/C19H29N3O3/c1-14-10-21(11-15(2)25-14)8-6-19(24)22-12-16(18(23)13-22)9-17-5-3-4-7-20-17/h3-5,7,14-16,18,23H,6,8-13H2,1-2H3. The molecule has 2 saturated heterocycles. The van der Waals surface area contributed by atoms with Crippen LogP contribution in [0.1, 0.15) is 26.0 Å². The van der Waals surface area contributed by atoms with Gasteiger partial charge in [-0.15, -0.1) is 0 Å². The topological polar surface area (TPSA) is 65.9 Å². The van der Waals surface area contributed by atoms with Gasteiger partial charge >= 0.3 is 0 Å². The maximum Gasteiger partial charge on any atom is 0.223 e. The number of β-amino-alcohol motifs (C(OH)–C–C–N with tert-alkyl or cyclic N) is 1. The highest BCUT2D eigenvalue weighted by atomic mass is 16.5. The lowest BCUT2D eigenvalue weighted by Crippen LogP contribution is -2.46. The maximum absolute atomic E-state index is 12.5. The van der Waals surface area contributed by atoms with E-state index in [1.807, 2.05) is 23.1 Å². The summed E-state index contributed by atoms with van der Waals surface area (Å²) in [7, 11) is 0. The molecule has 2 aliphatic heterocycles. The molecule has 1 aromatic heterocycles. The number of nitrogens with zero attached hydrogens (tertiary/aromatic N) is 3. The quantitative estimate of drug-likeness (QED) is 0.859. The Bertz CT molecular complexity index is 558. The third kappa shape index (κ3) is 5.00. The fourth-order valence-electron chi connectivity index (χ4n) is 3.92. The largest absolute Gasteiger partial charge is 0.391 e. The van der Waals surface area contributed by atoms with Crippen molar-refractivity contribution in [2.45, 2.75) is 45.0 Å². The van der Waals surface area contributed by atoms with Crippen molar-refractivity contribution in [3.05, 3.63) is 30.1 Å². The van der Waals surface area contributed by atoms with Gasteiger partial charge in [0.2, 0.25) is 5.91 Å². The molecule has 0 aromatic carbocycles. The van der Waals surface area contributed by atoms with Gasteiger partial charge in [0.25, 0.3) is 0 Å². The number of carbonyl (C=O) groups excluding carboxylic acids is 1. The van der Waals surface area contributed by atoms with Crippen molar-refractivity contribution in [1.82, 2.24) is 14.8 Å². The van der Waals surface area contributed by atoms with Gasteiger partial charge in [-0.05, 0) is 32.4 Å². The van der Waals surface area contributed by atoms with Crippen LogP contribution in [0.4, 0.5) is 0 Å². The number of hydrogen-bond donors (Lipinski definition) is 1. The highest BCUT2D eigenvalue weighted by molar-refractivity contribution is 5.76. The Labute approximate surface area is 149 Å². The van der Waals surface area contributed by atoms with Crippen LogP contribution >= 0.6 is 0 Å². The lowest BCUT2D eigenvalue weighted by Gasteiger charge is -2.35. The van der Waals surface area contributed by atoms with Crippen molar-refractivity contribution >= 4 is 5.91 Å². The second-order valence-corrected chi connectivity index (χ2v) is 7.42. The number of likely N-dealkylation sites (tertiary alicyclic amines) is 1. The van der Waals surface area contributed by atoms with Gasteiger partial charge in [0.15, 0.2) is 0 Å². The number of aliphatic hydroxyl groups excluding tert-OH is 1. The van der Waals surface area contributed by atoms with E-state index in [4.69, 9.17) is 4.74 Å². The van der Waals surface area contributed by atoms with Gasteiger partial charge in [-0.25, -0.2) is 0 Å². The average molecular weight is 347 g/mol. The van der Waals surface area contributed by atoms with Gasteiger partial charge < -0.3 is 14.7 Å². The molecule has 3 heterocycles. The first kappa shape index (κ1) is 18.3. The van der Waals surface area contributed by atoms with Crippen LogP contribution < -0.4 is 0 Å². The minimum atomic E-state index is -0.464. The highest BCUT2D eigenvalue weighted by Gasteiger charge is 2.34. The number of amides is 1. The van der Waals surface area contributed by atoms with E-state index >= 15 is 0 Å². The van der Waals surface area contributed by atoms with E-state index in [0.29, 0.717) is 25.9 Å². The molecular weight excluding hydrogens is 318 g/mol. The molecule has 0 spiro atoms. The average Bonchev–Trinajstić information content (AvgIpc) is 2.94. The van der Waals surface area contributed by atoms with E-state index in [1.165, 1.54) is 0 Å². The first-order valence-corrected chi connectivity index (χ1v) is 9.25. The van der Waals surface area contributed by atoms with Crippen molar-refractivity contribution in [2.24, 2.45) is 5.92 Å². The fraction of sp³-hybridized carbons (Fsp3) is 0.684. The number of carbonyl (C=O) groups is 1. The molecule has 1 N–H and O–H groups in total. The number of hydrogen-bond acceptors (Lipinski definition) is 5. The molecule has 1 aromatic rings. The second-order valence-electron chi connectivity index (χ2n) is 7.42. The zero-order valence-corrected chi connectivity index (χ0v) is 15.2. The first-order valence-electron chi connectivity index (χ1n) is 9.25. The summed E-state index contributed by atoms with van der Waals surface area (Å²) in [6.45, 7) is 7.71. The van der Waals surface area contributed by atoms with E-state index < -0.39 is 6.10 Å². The van der Waals surface area contributed by atoms with Crippen molar-refractivity contribution in [3.63, 3.8) is 0 Å². The van der Waals surface area contributed by atoms with Gasteiger partial charge in [-0.1, -0.05) is 6.07 Å². The number of ether oxygens (including phenoxy) is 1. The van der Waals surface area contributed by atoms with Crippen molar-refractivity contribution in [2.75, 3.05) is 32.7 Å². The van der Waals surface area contributed by atoms with E-state index in [9.17, 15) is 9.90 Å². The van der Waals surface area contributed by atoms with Crippen molar-refractivity contribution in [1.29, 1.82) is 0 Å². The molecule has 0 radical (unpaired) electrons. The molecule has 4 atom stereocenters. The summed E-state index contributed by atoms with van der Waals surface area (Å²) in [6, 6.07) is 5.81. The minimum absolute atomic E-state index is 0.0716. The number of morpholine rings is 1. The van der Waals surface area contributed by atoms with E-state index in [0.717, 1.165) is 25.3 Å². The lowest BCUT2D eigenvalue weighted by atomic mass is 10.00. The number of pyridine rings is 1. The smallest absolute Gasteiger partial charge is 0.223 e. The summed E-state index contributed by atoms with van der Waals surface area (Å²) >= 11 is 0. The Balaban J connectivity index is 1.46. The van der Waals surface area contributed by atoms with Gasteiger partial charge in [-0.3, -0.25) is 14.7 Å². The second kappa shape index (κ2) is 8.25. The molecule has 0 saturated carbocycles. The molecule has 2 aliphatic rings. The van der Waals surface area contributed by atoms with E-state index in [1.54, 1.807) is 6.20 Å². The van der Waals surface area contributed by atoms with Gasteiger partial charge in [0, 0.05) is 57.0 Å². The monoisotopic (exact) mass is 347 g/mol. The SMILES string of the molecule is CC1CN(CCC(=O)N2CC(O)C(Cc3ccccn3)C2)CC(C)O1. The first-order chi connectivity index (χ1) is 12.0. The molecule has 4 unspecified atom stereocenters. The summed E-state index contributed by atoms with van der Waals surface area (Å²) in [5.74, 6) is 0.205. The molecule has 6 nitrogen and oxygen atoms in total. The van der Waals surface area contributed by atoms with Gasteiger partial charge in [-0.2, -0.15) is 0 Å². The molecule has 6 heteroatoms. The van der Waals surface area contributed by atoms with Crippen molar-refractivity contribution in [3.8, 4) is 0 Å². The van der Waals surface area contributed by atoms with E-state index in [-0.39, 0.29) is 24.0 Å². The van der Waals surface area contributed by atoms with Crippen LogP contribution in [0.15, 0.2) is 24.4 Å².